The van der Waals surface area contributed by atoms with Crippen molar-refractivity contribution in [3.05, 3.63) is 40.7 Å². The monoisotopic (exact) mass is 224 g/mol. The molecule has 0 radical (unpaired) electrons. The predicted molar refractivity (Wildman–Crippen MR) is 55.9 cm³/mol. The van der Waals surface area contributed by atoms with Gasteiger partial charge in [-0.05, 0) is 6.07 Å². The second kappa shape index (κ2) is 3.18. The maximum atomic E-state index is 11.2. The highest BCUT2D eigenvalue weighted by molar-refractivity contribution is 7.89. The molecular weight excluding hydrogens is 216 g/mol. The largest absolute Gasteiger partial charge is 0.322 e. The highest BCUT2D eigenvalue weighted by Crippen LogP contribution is 2.17. The molecule has 0 fully saturated rings. The number of rotatable bonds is 1. The van der Waals surface area contributed by atoms with Gasteiger partial charge in [-0.15, -0.1) is 0 Å². The van der Waals surface area contributed by atoms with Crippen molar-refractivity contribution in [1.82, 2.24) is 4.98 Å². The number of hydrogen-bond acceptors (Lipinski definition) is 3. The Morgan fingerprint density at radius 3 is 2.53 bits per heavy atom. The summed E-state index contributed by atoms with van der Waals surface area (Å²) in [7, 11) is -3.87. The third-order valence-electron chi connectivity index (χ3n) is 2.02. The van der Waals surface area contributed by atoms with Gasteiger partial charge in [-0.1, -0.05) is 18.2 Å². The molecule has 0 aliphatic heterocycles. The van der Waals surface area contributed by atoms with Gasteiger partial charge in [0.05, 0.1) is 4.90 Å². The highest BCUT2D eigenvalue weighted by atomic mass is 32.2. The summed E-state index contributed by atoms with van der Waals surface area (Å²) in [6, 6.07) is 7.56. The van der Waals surface area contributed by atoms with Gasteiger partial charge in [-0.3, -0.25) is 4.79 Å². The van der Waals surface area contributed by atoms with Crippen molar-refractivity contribution < 1.29 is 8.42 Å². The lowest BCUT2D eigenvalue weighted by atomic mass is 10.2. The van der Waals surface area contributed by atoms with Crippen LogP contribution in [0.3, 0.4) is 0 Å². The second-order valence-electron chi connectivity index (χ2n) is 3.09. The maximum Gasteiger partial charge on any atom is 0.249 e. The highest BCUT2D eigenvalue weighted by Gasteiger charge is 2.13. The van der Waals surface area contributed by atoms with Crippen LogP contribution in [-0.4, -0.2) is 13.4 Å². The third kappa shape index (κ3) is 1.77. The topological polar surface area (TPSA) is 93.0 Å². The Morgan fingerprint density at radius 2 is 1.87 bits per heavy atom. The van der Waals surface area contributed by atoms with E-state index in [-0.39, 0.29) is 4.90 Å². The molecule has 0 saturated heterocycles. The van der Waals surface area contributed by atoms with Crippen LogP contribution in [0.25, 0.3) is 10.9 Å². The molecule has 1 aromatic carbocycles. The van der Waals surface area contributed by atoms with Crippen molar-refractivity contribution in [3.63, 3.8) is 0 Å². The van der Waals surface area contributed by atoms with E-state index in [1.54, 1.807) is 24.3 Å². The molecule has 1 aromatic heterocycles. The molecule has 0 aliphatic rings. The van der Waals surface area contributed by atoms with Crippen molar-refractivity contribution in [2.24, 2.45) is 5.14 Å². The Kier molecular flexibility index (Phi) is 2.09. The summed E-state index contributed by atoms with van der Waals surface area (Å²) < 4.78 is 22.4. The van der Waals surface area contributed by atoms with Crippen LogP contribution < -0.4 is 10.7 Å². The molecule has 0 amide bonds. The maximum absolute atomic E-state index is 11.2. The van der Waals surface area contributed by atoms with Gasteiger partial charge in [0.15, 0.2) is 0 Å². The van der Waals surface area contributed by atoms with Crippen LogP contribution in [0.4, 0.5) is 0 Å². The molecule has 2 aromatic rings. The number of aromatic nitrogens is 1. The number of nitrogens with one attached hydrogen (secondary N) is 1. The van der Waals surface area contributed by atoms with E-state index in [2.05, 4.69) is 4.98 Å². The minimum absolute atomic E-state index is 0.151. The van der Waals surface area contributed by atoms with Crippen LogP contribution >= 0.6 is 0 Å². The first kappa shape index (κ1) is 9.88. The van der Waals surface area contributed by atoms with Crippen molar-refractivity contribution >= 4 is 20.9 Å². The average Bonchev–Trinajstić information content (AvgIpc) is 2.15. The molecule has 0 unspecified atom stereocenters. The number of para-hydroxylation sites is 1. The summed E-state index contributed by atoms with van der Waals surface area (Å²) in [5, 5.41) is 5.43. The van der Waals surface area contributed by atoms with Crippen LogP contribution in [-0.2, 0) is 10.0 Å². The molecule has 78 valence electrons. The Bertz CT molecular complexity index is 673. The Labute approximate surface area is 85.6 Å². The molecule has 2 rings (SSSR count). The smallest absolute Gasteiger partial charge is 0.249 e. The van der Waals surface area contributed by atoms with Gasteiger partial charge in [0.25, 0.3) is 0 Å². The van der Waals surface area contributed by atoms with E-state index in [4.69, 9.17) is 5.14 Å². The van der Waals surface area contributed by atoms with E-state index in [0.717, 1.165) is 6.07 Å². The normalized spacial score (nSPS) is 11.8. The number of aromatic amines is 1. The molecular formula is C9H8N2O3S. The van der Waals surface area contributed by atoms with Crippen LogP contribution in [0, 0.1) is 0 Å². The summed E-state index contributed by atoms with van der Waals surface area (Å²) in [6.45, 7) is 0. The summed E-state index contributed by atoms with van der Waals surface area (Å²) in [5.41, 5.74) is -0.0354. The van der Waals surface area contributed by atoms with Crippen LogP contribution in [0.5, 0.6) is 0 Å². The fraction of sp³-hybridized carbons (Fsp3) is 0. The number of nitrogens with two attached hydrogens (primary N) is 1. The Morgan fingerprint density at radius 1 is 1.20 bits per heavy atom. The van der Waals surface area contributed by atoms with Crippen LogP contribution in [0.15, 0.2) is 40.0 Å². The van der Waals surface area contributed by atoms with Crippen molar-refractivity contribution in [1.29, 1.82) is 0 Å². The molecule has 0 atom stereocenters. The number of hydrogen-bond donors (Lipinski definition) is 2. The minimum Gasteiger partial charge on any atom is -0.322 e. The van der Waals surface area contributed by atoms with Gasteiger partial charge in [-0.2, -0.15) is 0 Å². The lowest BCUT2D eigenvalue weighted by Crippen LogP contribution is -2.16. The molecule has 5 nitrogen and oxygen atoms in total. The quantitative estimate of drug-likeness (QED) is 0.723. The third-order valence-corrected chi connectivity index (χ3v) is 2.97. The van der Waals surface area contributed by atoms with Gasteiger partial charge in [-0.25, -0.2) is 13.6 Å². The van der Waals surface area contributed by atoms with Crippen molar-refractivity contribution in [2.45, 2.75) is 4.90 Å². The molecule has 6 heteroatoms. The molecule has 0 bridgehead atoms. The van der Waals surface area contributed by atoms with Crippen molar-refractivity contribution in [3.8, 4) is 0 Å². The Hall–Kier alpha value is -1.66. The van der Waals surface area contributed by atoms with E-state index in [1.807, 2.05) is 0 Å². The van der Waals surface area contributed by atoms with E-state index < -0.39 is 15.6 Å². The van der Waals surface area contributed by atoms with Crippen LogP contribution in [0.2, 0.25) is 0 Å². The first-order chi connectivity index (χ1) is 6.98. The molecule has 0 spiro atoms. The van der Waals surface area contributed by atoms with Crippen molar-refractivity contribution in [2.75, 3.05) is 0 Å². The fourth-order valence-electron chi connectivity index (χ4n) is 1.41. The van der Waals surface area contributed by atoms with Gasteiger partial charge >= 0.3 is 0 Å². The predicted octanol–water partition coefficient (Wildman–Crippen LogP) is 0.176. The second-order valence-corrected chi connectivity index (χ2v) is 4.62. The summed E-state index contributed by atoms with van der Waals surface area (Å²) in [5.74, 6) is 0. The zero-order chi connectivity index (χ0) is 11.1. The first-order valence-electron chi connectivity index (χ1n) is 4.13. The number of primary sulfonamides is 1. The lowest BCUT2D eigenvalue weighted by molar-refractivity contribution is 0.598. The Balaban J connectivity index is 3.02. The molecule has 0 saturated carbocycles. The number of sulfonamides is 1. The van der Waals surface area contributed by atoms with E-state index in [0.29, 0.717) is 10.9 Å². The van der Waals surface area contributed by atoms with E-state index >= 15 is 0 Å². The molecule has 15 heavy (non-hydrogen) atoms. The lowest BCUT2D eigenvalue weighted by Gasteiger charge is -2.02. The average molecular weight is 224 g/mol. The zero-order valence-corrected chi connectivity index (χ0v) is 8.41. The van der Waals surface area contributed by atoms with E-state index in [9.17, 15) is 13.2 Å². The van der Waals surface area contributed by atoms with E-state index in [1.165, 1.54) is 0 Å². The number of pyridine rings is 1. The number of fused-ring (bicyclic) bond motifs is 1. The standard InChI is InChI=1S/C9H8N2O3S/c10-15(13,14)8-5-9(12)11-7-4-2-1-3-6(7)8/h1-5H,(H,11,12)(H2,10,13,14). The summed E-state index contributed by atoms with van der Waals surface area (Å²) in [6.07, 6.45) is 0. The molecule has 3 N–H and O–H groups in total. The van der Waals surface area contributed by atoms with Gasteiger partial charge in [0.1, 0.15) is 0 Å². The number of benzene rings is 1. The first-order valence-corrected chi connectivity index (χ1v) is 5.68. The van der Waals surface area contributed by atoms with Crippen LogP contribution in [0.1, 0.15) is 0 Å². The molecule has 0 aliphatic carbocycles. The zero-order valence-electron chi connectivity index (χ0n) is 7.60. The SMILES string of the molecule is NS(=O)(=O)c1cc(=O)[nH]c2ccccc12. The van der Waals surface area contributed by atoms with Gasteiger partial charge in [0, 0.05) is 17.0 Å². The number of H-pyrrole nitrogens is 1. The summed E-state index contributed by atoms with van der Waals surface area (Å²) in [4.78, 5) is 13.6. The fourth-order valence-corrected chi connectivity index (χ4v) is 2.16. The van der Waals surface area contributed by atoms with Gasteiger partial charge < -0.3 is 4.98 Å². The minimum atomic E-state index is -3.87. The van der Waals surface area contributed by atoms with Gasteiger partial charge in [0.2, 0.25) is 15.6 Å². The molecule has 1 heterocycles. The summed E-state index contributed by atoms with van der Waals surface area (Å²) >= 11 is 0.